The van der Waals surface area contributed by atoms with Crippen molar-refractivity contribution in [3.8, 4) is 0 Å². The Bertz CT molecular complexity index is 1020. The molecule has 1 aliphatic heterocycles. The van der Waals surface area contributed by atoms with Gasteiger partial charge in [-0.25, -0.2) is 4.98 Å². The standard InChI is InChI=1S/C24H27N3OS2/c1-24(2,3)18-10-8-16(9-11-18)21(28)26-23(29)27-14-12-17(13-15-27)22-25-19-6-4-5-7-20(19)30-22/h4-11,17H,12-15H2,1-3H3,(H,26,28,29). The Morgan fingerprint density at radius 2 is 1.77 bits per heavy atom. The van der Waals surface area contributed by atoms with E-state index in [4.69, 9.17) is 17.2 Å². The summed E-state index contributed by atoms with van der Waals surface area (Å²) in [5, 5.41) is 4.63. The molecule has 4 rings (SSSR count). The summed E-state index contributed by atoms with van der Waals surface area (Å²) < 4.78 is 1.25. The number of piperidine rings is 1. The second kappa shape index (κ2) is 8.44. The summed E-state index contributed by atoms with van der Waals surface area (Å²) in [6.45, 7) is 8.16. The van der Waals surface area contributed by atoms with Crippen molar-refractivity contribution < 1.29 is 4.79 Å². The molecule has 1 amide bonds. The van der Waals surface area contributed by atoms with Crippen LogP contribution in [0, 0.1) is 0 Å². The SMILES string of the molecule is CC(C)(C)c1ccc(C(=O)NC(=S)N2CCC(c3nc4ccccc4s3)CC2)cc1. The Kier molecular flexibility index (Phi) is 5.89. The molecule has 1 aliphatic rings. The van der Waals surface area contributed by atoms with E-state index in [2.05, 4.69) is 49.2 Å². The second-order valence-corrected chi connectivity index (χ2v) is 10.3. The van der Waals surface area contributed by atoms with Crippen molar-refractivity contribution in [3.63, 3.8) is 0 Å². The van der Waals surface area contributed by atoms with Crippen molar-refractivity contribution in [1.29, 1.82) is 0 Å². The fraction of sp³-hybridized carbons (Fsp3) is 0.375. The summed E-state index contributed by atoms with van der Waals surface area (Å²) >= 11 is 7.32. The average Bonchev–Trinajstić information content (AvgIpc) is 3.17. The third-order valence-corrected chi connectivity index (χ3v) is 7.23. The zero-order chi connectivity index (χ0) is 21.3. The van der Waals surface area contributed by atoms with Gasteiger partial charge >= 0.3 is 0 Å². The lowest BCUT2D eigenvalue weighted by Crippen LogP contribution is -2.46. The molecule has 0 radical (unpaired) electrons. The first kappa shape index (κ1) is 20.9. The minimum absolute atomic E-state index is 0.0674. The summed E-state index contributed by atoms with van der Waals surface area (Å²) in [4.78, 5) is 19.5. The van der Waals surface area contributed by atoms with E-state index in [1.165, 1.54) is 15.3 Å². The summed E-state index contributed by atoms with van der Waals surface area (Å²) in [6.07, 6.45) is 1.99. The molecular weight excluding hydrogens is 410 g/mol. The van der Waals surface area contributed by atoms with Gasteiger partial charge in [0.05, 0.1) is 15.2 Å². The number of hydrogen-bond acceptors (Lipinski definition) is 4. The van der Waals surface area contributed by atoms with Crippen LogP contribution in [0.5, 0.6) is 0 Å². The van der Waals surface area contributed by atoms with Gasteiger partial charge in [-0.1, -0.05) is 45.0 Å². The summed E-state index contributed by atoms with van der Waals surface area (Å²) in [5.74, 6) is 0.316. The number of aromatic nitrogens is 1. The summed E-state index contributed by atoms with van der Waals surface area (Å²) in [5.41, 5.74) is 2.99. The number of para-hydroxylation sites is 1. The maximum absolute atomic E-state index is 12.6. The molecule has 30 heavy (non-hydrogen) atoms. The van der Waals surface area contributed by atoms with Gasteiger partial charge in [0.15, 0.2) is 5.11 Å². The fourth-order valence-electron chi connectivity index (χ4n) is 3.76. The quantitative estimate of drug-likeness (QED) is 0.539. The van der Waals surface area contributed by atoms with E-state index < -0.39 is 0 Å². The van der Waals surface area contributed by atoms with Crippen LogP contribution in [0.4, 0.5) is 0 Å². The largest absolute Gasteiger partial charge is 0.349 e. The molecule has 0 atom stereocenters. The van der Waals surface area contributed by atoms with Gasteiger partial charge in [0.25, 0.3) is 5.91 Å². The van der Waals surface area contributed by atoms with Crippen LogP contribution in [0.2, 0.25) is 0 Å². The molecule has 0 unspecified atom stereocenters. The zero-order valence-electron chi connectivity index (χ0n) is 17.6. The van der Waals surface area contributed by atoms with E-state index in [0.717, 1.165) is 31.4 Å². The molecule has 3 aromatic rings. The number of fused-ring (bicyclic) bond motifs is 1. The number of nitrogens with one attached hydrogen (secondary N) is 1. The number of thiazole rings is 1. The third kappa shape index (κ3) is 4.55. The monoisotopic (exact) mass is 437 g/mol. The number of rotatable bonds is 2. The molecule has 4 nitrogen and oxygen atoms in total. The molecular formula is C24H27N3OS2. The highest BCUT2D eigenvalue weighted by atomic mass is 32.1. The minimum atomic E-state index is -0.145. The van der Waals surface area contributed by atoms with Gasteiger partial charge in [0, 0.05) is 24.6 Å². The maximum Gasteiger partial charge on any atom is 0.257 e. The molecule has 156 valence electrons. The molecule has 6 heteroatoms. The number of hydrogen-bond donors (Lipinski definition) is 1. The zero-order valence-corrected chi connectivity index (χ0v) is 19.3. The first-order valence-electron chi connectivity index (χ1n) is 10.4. The van der Waals surface area contributed by atoms with Crippen LogP contribution >= 0.6 is 23.6 Å². The number of carbonyl (C=O) groups is 1. The fourth-order valence-corrected chi connectivity index (χ4v) is 5.18. The Balaban J connectivity index is 1.33. The number of benzene rings is 2. The molecule has 0 saturated carbocycles. The van der Waals surface area contributed by atoms with Gasteiger partial charge in [-0.3, -0.25) is 10.1 Å². The Morgan fingerprint density at radius 3 is 2.40 bits per heavy atom. The van der Waals surface area contributed by atoms with E-state index in [0.29, 0.717) is 16.6 Å². The molecule has 1 saturated heterocycles. The lowest BCUT2D eigenvalue weighted by molar-refractivity contribution is 0.0972. The Hall–Kier alpha value is -2.31. The van der Waals surface area contributed by atoms with Crippen LogP contribution in [0.25, 0.3) is 10.2 Å². The highest BCUT2D eigenvalue weighted by Crippen LogP contribution is 2.33. The van der Waals surface area contributed by atoms with Crippen molar-refractivity contribution in [3.05, 3.63) is 64.7 Å². The minimum Gasteiger partial charge on any atom is -0.349 e. The maximum atomic E-state index is 12.6. The van der Waals surface area contributed by atoms with E-state index in [1.54, 1.807) is 11.3 Å². The van der Waals surface area contributed by atoms with Crippen LogP contribution in [-0.4, -0.2) is 34.0 Å². The molecule has 1 N–H and O–H groups in total. The van der Waals surface area contributed by atoms with Gasteiger partial charge in [0.1, 0.15) is 0 Å². The molecule has 1 fully saturated rings. The molecule has 2 aromatic carbocycles. The normalized spacial score (nSPS) is 15.4. The van der Waals surface area contributed by atoms with Crippen molar-refractivity contribution in [2.75, 3.05) is 13.1 Å². The number of amides is 1. The number of thiocarbonyl (C=S) groups is 1. The van der Waals surface area contributed by atoms with Gasteiger partial charge in [-0.2, -0.15) is 0 Å². The van der Waals surface area contributed by atoms with Crippen LogP contribution in [0.1, 0.15) is 60.5 Å². The summed E-state index contributed by atoms with van der Waals surface area (Å²) in [7, 11) is 0. The van der Waals surface area contributed by atoms with Crippen molar-refractivity contribution in [2.45, 2.75) is 44.9 Å². The lowest BCUT2D eigenvalue weighted by atomic mass is 9.87. The van der Waals surface area contributed by atoms with E-state index in [1.807, 2.05) is 30.3 Å². The molecule has 2 heterocycles. The van der Waals surface area contributed by atoms with Crippen LogP contribution < -0.4 is 5.32 Å². The van der Waals surface area contributed by atoms with E-state index in [-0.39, 0.29) is 11.3 Å². The third-order valence-electron chi connectivity index (χ3n) is 5.68. The lowest BCUT2D eigenvalue weighted by Gasteiger charge is -2.32. The van der Waals surface area contributed by atoms with Gasteiger partial charge in [-0.05, 0) is 60.3 Å². The number of nitrogens with zero attached hydrogens (tertiary/aromatic N) is 2. The number of carbonyl (C=O) groups excluding carboxylic acids is 1. The van der Waals surface area contributed by atoms with Gasteiger partial charge < -0.3 is 4.90 Å². The predicted octanol–water partition coefficient (Wildman–Crippen LogP) is 5.49. The predicted molar refractivity (Wildman–Crippen MR) is 128 cm³/mol. The first-order chi connectivity index (χ1) is 14.3. The molecule has 0 aliphatic carbocycles. The molecule has 0 spiro atoms. The topological polar surface area (TPSA) is 45.2 Å². The van der Waals surface area contributed by atoms with Crippen LogP contribution in [-0.2, 0) is 5.41 Å². The van der Waals surface area contributed by atoms with E-state index in [9.17, 15) is 4.79 Å². The highest BCUT2D eigenvalue weighted by Gasteiger charge is 2.25. The smallest absolute Gasteiger partial charge is 0.257 e. The van der Waals surface area contributed by atoms with E-state index >= 15 is 0 Å². The summed E-state index contributed by atoms with van der Waals surface area (Å²) in [6, 6.07) is 16.1. The van der Waals surface area contributed by atoms with Crippen LogP contribution in [0.15, 0.2) is 48.5 Å². The van der Waals surface area contributed by atoms with Gasteiger partial charge in [0.2, 0.25) is 0 Å². The molecule has 1 aromatic heterocycles. The first-order valence-corrected chi connectivity index (χ1v) is 11.6. The van der Waals surface area contributed by atoms with Crippen molar-refractivity contribution in [1.82, 2.24) is 15.2 Å². The van der Waals surface area contributed by atoms with Crippen molar-refractivity contribution >= 4 is 44.8 Å². The second-order valence-electron chi connectivity index (χ2n) is 8.87. The van der Waals surface area contributed by atoms with Crippen LogP contribution in [0.3, 0.4) is 0 Å². The van der Waals surface area contributed by atoms with Crippen molar-refractivity contribution in [2.24, 2.45) is 0 Å². The average molecular weight is 438 g/mol. The Labute approximate surface area is 187 Å². The highest BCUT2D eigenvalue weighted by molar-refractivity contribution is 7.80. The molecule has 0 bridgehead atoms. The number of likely N-dealkylation sites (tertiary alicyclic amines) is 1. The Morgan fingerprint density at radius 1 is 1.10 bits per heavy atom. The van der Waals surface area contributed by atoms with Gasteiger partial charge in [-0.15, -0.1) is 11.3 Å².